The Morgan fingerprint density at radius 3 is 2.39 bits per heavy atom. The van der Waals surface area contributed by atoms with Gasteiger partial charge in [-0.2, -0.15) is 0 Å². The van der Waals surface area contributed by atoms with E-state index in [0.29, 0.717) is 0 Å². The van der Waals surface area contributed by atoms with Gasteiger partial charge in [0.25, 0.3) is 0 Å². The van der Waals surface area contributed by atoms with Crippen LogP contribution in [0.1, 0.15) is 28.4 Å². The van der Waals surface area contributed by atoms with E-state index in [2.05, 4.69) is 24.3 Å². The molecule has 0 bridgehead atoms. The summed E-state index contributed by atoms with van der Waals surface area (Å²) in [6.45, 7) is 0.862. The Kier molecular flexibility index (Phi) is 2.95. The number of ether oxygens (including phenoxy) is 1. The summed E-state index contributed by atoms with van der Waals surface area (Å²) in [6.07, 6.45) is 2.27. The topological polar surface area (TPSA) is 26.3 Å². The first-order chi connectivity index (χ1) is 8.88. The van der Waals surface area contributed by atoms with E-state index >= 15 is 0 Å². The zero-order valence-electron chi connectivity index (χ0n) is 10.0. The van der Waals surface area contributed by atoms with Crippen LogP contribution < -0.4 is 0 Å². The lowest BCUT2D eigenvalue weighted by Gasteiger charge is -2.26. The minimum atomic E-state index is 0.264. The first kappa shape index (κ1) is 11.2. The first-order valence-electron chi connectivity index (χ1n) is 6.14. The fourth-order valence-corrected chi connectivity index (χ4v) is 2.24. The molecule has 3 rings (SSSR count). The third kappa shape index (κ3) is 1.95. The molecule has 2 heteroatoms. The van der Waals surface area contributed by atoms with Crippen LogP contribution in [0.3, 0.4) is 0 Å². The maximum atomic E-state index is 11.0. The number of benzene rings is 2. The van der Waals surface area contributed by atoms with Crippen LogP contribution in [0.4, 0.5) is 0 Å². The van der Waals surface area contributed by atoms with Crippen molar-refractivity contribution in [3.05, 3.63) is 59.7 Å². The Labute approximate surface area is 106 Å². The Bertz CT molecular complexity index is 554. The van der Waals surface area contributed by atoms with Crippen LogP contribution in [-0.2, 0) is 4.74 Å². The molecule has 2 nitrogen and oxygen atoms in total. The van der Waals surface area contributed by atoms with E-state index in [0.717, 1.165) is 36.0 Å². The molecule has 1 unspecified atom stereocenters. The highest BCUT2D eigenvalue weighted by Gasteiger charge is 2.19. The van der Waals surface area contributed by atoms with Crippen molar-refractivity contribution in [2.75, 3.05) is 6.61 Å². The fraction of sp³-hybridized carbons (Fsp3) is 0.188. The SMILES string of the molecule is O=Cc1ccccc1-c1ccc(C2CCO2)cc1. The Hall–Kier alpha value is -1.93. The van der Waals surface area contributed by atoms with Crippen molar-refractivity contribution >= 4 is 6.29 Å². The molecule has 1 fully saturated rings. The van der Waals surface area contributed by atoms with E-state index in [-0.39, 0.29) is 6.10 Å². The predicted molar refractivity (Wildman–Crippen MR) is 70.6 cm³/mol. The molecular weight excluding hydrogens is 224 g/mol. The van der Waals surface area contributed by atoms with Gasteiger partial charge in [0.05, 0.1) is 12.7 Å². The fourth-order valence-electron chi connectivity index (χ4n) is 2.24. The highest BCUT2D eigenvalue weighted by Crippen LogP contribution is 2.31. The average molecular weight is 238 g/mol. The second kappa shape index (κ2) is 4.75. The van der Waals surface area contributed by atoms with Crippen LogP contribution in [-0.4, -0.2) is 12.9 Å². The van der Waals surface area contributed by atoms with Gasteiger partial charge in [0.1, 0.15) is 0 Å². The number of rotatable bonds is 3. The van der Waals surface area contributed by atoms with Crippen molar-refractivity contribution in [2.24, 2.45) is 0 Å². The van der Waals surface area contributed by atoms with E-state index in [1.165, 1.54) is 5.56 Å². The molecule has 0 aliphatic carbocycles. The van der Waals surface area contributed by atoms with Crippen molar-refractivity contribution in [1.82, 2.24) is 0 Å². The third-order valence-electron chi connectivity index (χ3n) is 3.38. The van der Waals surface area contributed by atoms with Crippen molar-refractivity contribution in [3.63, 3.8) is 0 Å². The second-order valence-electron chi connectivity index (χ2n) is 4.48. The van der Waals surface area contributed by atoms with Crippen LogP contribution in [0.15, 0.2) is 48.5 Å². The van der Waals surface area contributed by atoms with Gasteiger partial charge in [-0.1, -0.05) is 48.5 Å². The van der Waals surface area contributed by atoms with Gasteiger partial charge in [0, 0.05) is 12.0 Å². The first-order valence-corrected chi connectivity index (χ1v) is 6.14. The van der Waals surface area contributed by atoms with Gasteiger partial charge in [-0.25, -0.2) is 0 Å². The van der Waals surface area contributed by atoms with Crippen LogP contribution in [0, 0.1) is 0 Å². The molecule has 2 aromatic rings. The Morgan fingerprint density at radius 2 is 1.78 bits per heavy atom. The zero-order valence-corrected chi connectivity index (χ0v) is 10.0. The monoisotopic (exact) mass is 238 g/mol. The summed E-state index contributed by atoms with van der Waals surface area (Å²) >= 11 is 0. The summed E-state index contributed by atoms with van der Waals surface area (Å²) in [5.74, 6) is 0. The molecule has 1 atom stereocenters. The average Bonchev–Trinajstić information content (AvgIpc) is 2.38. The lowest BCUT2D eigenvalue weighted by Crippen LogP contribution is -2.17. The molecule has 90 valence electrons. The smallest absolute Gasteiger partial charge is 0.150 e. The molecule has 0 radical (unpaired) electrons. The van der Waals surface area contributed by atoms with Gasteiger partial charge in [-0.3, -0.25) is 4.79 Å². The number of carbonyl (C=O) groups is 1. The van der Waals surface area contributed by atoms with Gasteiger partial charge in [0.15, 0.2) is 6.29 Å². The molecule has 0 saturated carbocycles. The normalized spacial score (nSPS) is 18.1. The Balaban J connectivity index is 1.94. The third-order valence-corrected chi connectivity index (χ3v) is 3.38. The zero-order chi connectivity index (χ0) is 12.4. The van der Waals surface area contributed by atoms with Gasteiger partial charge in [-0.05, 0) is 16.7 Å². The van der Waals surface area contributed by atoms with Crippen molar-refractivity contribution in [2.45, 2.75) is 12.5 Å². The maximum Gasteiger partial charge on any atom is 0.150 e. The van der Waals surface area contributed by atoms with Crippen LogP contribution in [0.5, 0.6) is 0 Å². The standard InChI is InChI=1S/C16H14O2/c17-11-14-3-1-2-4-15(14)12-5-7-13(8-6-12)16-9-10-18-16/h1-8,11,16H,9-10H2. The summed E-state index contributed by atoms with van der Waals surface area (Å²) in [7, 11) is 0. The van der Waals surface area contributed by atoms with Gasteiger partial charge in [-0.15, -0.1) is 0 Å². The lowest BCUT2D eigenvalue weighted by molar-refractivity contribution is -0.0527. The summed E-state index contributed by atoms with van der Waals surface area (Å²) in [6, 6.07) is 15.9. The molecule has 2 aromatic carbocycles. The molecule has 1 heterocycles. The van der Waals surface area contributed by atoms with Crippen molar-refractivity contribution in [3.8, 4) is 11.1 Å². The summed E-state index contributed by atoms with van der Waals surface area (Å²) in [5.41, 5.74) is 3.99. The summed E-state index contributed by atoms with van der Waals surface area (Å²) in [4.78, 5) is 11.0. The summed E-state index contributed by atoms with van der Waals surface area (Å²) < 4.78 is 5.45. The Morgan fingerprint density at radius 1 is 1.06 bits per heavy atom. The van der Waals surface area contributed by atoms with Gasteiger partial charge in [0.2, 0.25) is 0 Å². The molecule has 0 amide bonds. The molecule has 0 spiro atoms. The minimum Gasteiger partial charge on any atom is -0.373 e. The van der Waals surface area contributed by atoms with E-state index in [1.807, 2.05) is 24.3 Å². The second-order valence-corrected chi connectivity index (χ2v) is 4.48. The van der Waals surface area contributed by atoms with Gasteiger partial charge >= 0.3 is 0 Å². The number of aldehydes is 1. The quantitative estimate of drug-likeness (QED) is 0.763. The lowest BCUT2D eigenvalue weighted by atomic mass is 9.97. The molecule has 0 aromatic heterocycles. The van der Waals surface area contributed by atoms with E-state index in [4.69, 9.17) is 4.74 Å². The summed E-state index contributed by atoms with van der Waals surface area (Å²) in [5, 5.41) is 0. The van der Waals surface area contributed by atoms with Crippen molar-refractivity contribution in [1.29, 1.82) is 0 Å². The number of hydrogen-bond donors (Lipinski definition) is 0. The number of carbonyl (C=O) groups excluding carboxylic acids is 1. The highest BCUT2D eigenvalue weighted by atomic mass is 16.5. The molecule has 1 aliphatic rings. The highest BCUT2D eigenvalue weighted by molar-refractivity contribution is 5.87. The van der Waals surface area contributed by atoms with Gasteiger partial charge < -0.3 is 4.74 Å². The van der Waals surface area contributed by atoms with Crippen LogP contribution >= 0.6 is 0 Å². The van der Waals surface area contributed by atoms with Crippen LogP contribution in [0.25, 0.3) is 11.1 Å². The molecule has 18 heavy (non-hydrogen) atoms. The molecule has 0 N–H and O–H groups in total. The molecule has 1 saturated heterocycles. The van der Waals surface area contributed by atoms with Crippen LogP contribution in [0.2, 0.25) is 0 Å². The molecular formula is C16H14O2. The van der Waals surface area contributed by atoms with E-state index in [9.17, 15) is 4.79 Å². The van der Waals surface area contributed by atoms with Crippen molar-refractivity contribution < 1.29 is 9.53 Å². The maximum absolute atomic E-state index is 11.0. The largest absolute Gasteiger partial charge is 0.373 e. The predicted octanol–water partition coefficient (Wildman–Crippen LogP) is 3.63. The molecule has 1 aliphatic heterocycles. The minimum absolute atomic E-state index is 0.264. The number of hydrogen-bond acceptors (Lipinski definition) is 2. The van der Waals surface area contributed by atoms with E-state index < -0.39 is 0 Å². The van der Waals surface area contributed by atoms with E-state index in [1.54, 1.807) is 0 Å².